The summed E-state index contributed by atoms with van der Waals surface area (Å²) in [6.07, 6.45) is 3.09. The van der Waals surface area contributed by atoms with Crippen molar-refractivity contribution in [3.8, 4) is 17.5 Å². The molecule has 0 aliphatic rings. The molecule has 0 bridgehead atoms. The molecule has 0 atom stereocenters. The van der Waals surface area contributed by atoms with E-state index in [1.807, 2.05) is 6.07 Å². The van der Waals surface area contributed by atoms with E-state index in [4.69, 9.17) is 21.1 Å². The molecule has 0 aliphatic carbocycles. The van der Waals surface area contributed by atoms with Gasteiger partial charge in [-0.2, -0.15) is 10.4 Å². The van der Waals surface area contributed by atoms with Crippen LogP contribution in [-0.4, -0.2) is 33.4 Å². The maximum Gasteiger partial charge on any atom is 0.201 e. The first-order chi connectivity index (χ1) is 10.2. The summed E-state index contributed by atoms with van der Waals surface area (Å²) in [6.45, 7) is 0. The highest BCUT2D eigenvalue weighted by atomic mass is 16.5. The Kier molecular flexibility index (Phi) is 4.11. The van der Waals surface area contributed by atoms with Gasteiger partial charge in [-0.3, -0.25) is 15.4 Å². The van der Waals surface area contributed by atoms with Crippen LogP contribution in [-0.2, 0) is 0 Å². The molecule has 0 amide bonds. The van der Waals surface area contributed by atoms with E-state index in [1.165, 1.54) is 7.11 Å². The fourth-order valence-electron chi connectivity index (χ4n) is 1.54. The van der Waals surface area contributed by atoms with Crippen molar-refractivity contribution >= 4 is 17.2 Å². The summed E-state index contributed by atoms with van der Waals surface area (Å²) < 4.78 is 6.90. The zero-order valence-electron chi connectivity index (χ0n) is 11.1. The lowest BCUT2D eigenvalue weighted by molar-refractivity contribution is 0.416. The number of benzene rings is 1. The van der Waals surface area contributed by atoms with Crippen LogP contribution in [0.2, 0.25) is 0 Å². The number of nitrogens with zero attached hydrogens (tertiary/aromatic N) is 5. The lowest BCUT2D eigenvalue weighted by atomic mass is 10.2. The van der Waals surface area contributed by atoms with Crippen LogP contribution < -0.4 is 15.9 Å². The SMILES string of the molecule is COc1ccc(-n2cnnc2)cc1N/N=C(\C#N)C(=N)N. The number of hydrogen-bond donors (Lipinski definition) is 3. The van der Waals surface area contributed by atoms with Crippen LogP contribution in [0.4, 0.5) is 5.69 Å². The van der Waals surface area contributed by atoms with E-state index in [9.17, 15) is 0 Å². The van der Waals surface area contributed by atoms with E-state index in [-0.39, 0.29) is 5.71 Å². The number of nitrogens with one attached hydrogen (secondary N) is 2. The van der Waals surface area contributed by atoms with Crippen molar-refractivity contribution in [2.45, 2.75) is 0 Å². The van der Waals surface area contributed by atoms with Crippen molar-refractivity contribution in [1.82, 2.24) is 14.8 Å². The highest BCUT2D eigenvalue weighted by molar-refractivity contribution is 6.45. The summed E-state index contributed by atoms with van der Waals surface area (Å²) in [7, 11) is 1.51. The minimum Gasteiger partial charge on any atom is -0.495 e. The molecule has 9 heteroatoms. The van der Waals surface area contributed by atoms with Gasteiger partial charge in [0.05, 0.1) is 12.8 Å². The van der Waals surface area contributed by atoms with Crippen LogP contribution in [0.1, 0.15) is 0 Å². The third-order valence-corrected chi connectivity index (χ3v) is 2.55. The molecule has 2 aromatic rings. The summed E-state index contributed by atoms with van der Waals surface area (Å²) in [5, 5.41) is 27.3. The molecule has 106 valence electrons. The van der Waals surface area contributed by atoms with Crippen LogP contribution in [0, 0.1) is 16.7 Å². The fourth-order valence-corrected chi connectivity index (χ4v) is 1.54. The van der Waals surface area contributed by atoms with Gasteiger partial charge in [-0.25, -0.2) is 0 Å². The maximum atomic E-state index is 8.81. The van der Waals surface area contributed by atoms with E-state index in [1.54, 1.807) is 35.4 Å². The molecule has 2 rings (SSSR count). The molecular formula is C12H12N8O. The summed E-state index contributed by atoms with van der Waals surface area (Å²) in [5.41, 5.74) is 8.96. The average Bonchev–Trinajstić information content (AvgIpc) is 3.01. The van der Waals surface area contributed by atoms with Gasteiger partial charge in [0.1, 0.15) is 30.2 Å². The quantitative estimate of drug-likeness (QED) is 0.415. The first-order valence-corrected chi connectivity index (χ1v) is 5.77. The minimum atomic E-state index is -0.418. The third kappa shape index (κ3) is 3.13. The first kappa shape index (κ1) is 14.0. The summed E-state index contributed by atoms with van der Waals surface area (Å²) in [4.78, 5) is 0. The Bertz CT molecular complexity index is 713. The second kappa shape index (κ2) is 6.16. The van der Waals surface area contributed by atoms with Gasteiger partial charge < -0.3 is 10.5 Å². The Morgan fingerprint density at radius 2 is 2.19 bits per heavy atom. The van der Waals surface area contributed by atoms with Gasteiger partial charge in [0.15, 0.2) is 5.84 Å². The molecule has 0 fully saturated rings. The van der Waals surface area contributed by atoms with Gasteiger partial charge in [-0.15, -0.1) is 10.2 Å². The van der Waals surface area contributed by atoms with E-state index in [0.717, 1.165) is 5.69 Å². The number of ether oxygens (including phenoxy) is 1. The van der Waals surface area contributed by atoms with Crippen molar-refractivity contribution in [1.29, 1.82) is 10.7 Å². The van der Waals surface area contributed by atoms with Crippen molar-refractivity contribution in [2.75, 3.05) is 12.5 Å². The van der Waals surface area contributed by atoms with Crippen LogP contribution in [0.15, 0.2) is 36.0 Å². The fraction of sp³-hybridized carbons (Fsp3) is 0.0833. The minimum absolute atomic E-state index is 0.216. The molecule has 9 nitrogen and oxygen atoms in total. The highest BCUT2D eigenvalue weighted by Crippen LogP contribution is 2.27. The third-order valence-electron chi connectivity index (χ3n) is 2.55. The molecule has 21 heavy (non-hydrogen) atoms. The van der Waals surface area contributed by atoms with Gasteiger partial charge in [-0.05, 0) is 18.2 Å². The molecule has 0 radical (unpaired) electrons. The Hall–Kier alpha value is -3.41. The summed E-state index contributed by atoms with van der Waals surface area (Å²) in [6, 6.07) is 7.00. The largest absolute Gasteiger partial charge is 0.495 e. The standard InChI is InChI=1S/C12H12N8O/c1-21-11-3-2-8(20-6-16-17-7-20)4-9(11)18-19-10(5-13)12(14)15/h2-4,6-7,18H,1H3,(H3,14,15)/b19-10+. The molecule has 1 aromatic heterocycles. The van der Waals surface area contributed by atoms with Gasteiger partial charge in [0, 0.05) is 0 Å². The molecule has 0 aliphatic heterocycles. The van der Waals surface area contributed by atoms with Crippen LogP contribution in [0.3, 0.4) is 0 Å². The number of hydrazone groups is 1. The second-order valence-corrected chi connectivity index (χ2v) is 3.85. The number of nitrogens with two attached hydrogens (primary N) is 1. The van der Waals surface area contributed by atoms with Gasteiger partial charge >= 0.3 is 0 Å². The summed E-state index contributed by atoms with van der Waals surface area (Å²) in [5.74, 6) is 0.107. The number of anilines is 1. The van der Waals surface area contributed by atoms with E-state index in [0.29, 0.717) is 11.4 Å². The number of amidine groups is 1. The number of aromatic nitrogens is 3. The zero-order chi connectivity index (χ0) is 15.2. The molecule has 0 spiro atoms. The molecular weight excluding hydrogens is 272 g/mol. The predicted octanol–water partition coefficient (Wildman–Crippen LogP) is 0.503. The van der Waals surface area contributed by atoms with Crippen LogP contribution in [0.5, 0.6) is 5.75 Å². The lowest BCUT2D eigenvalue weighted by Gasteiger charge is -2.10. The van der Waals surface area contributed by atoms with Crippen LogP contribution >= 0.6 is 0 Å². The van der Waals surface area contributed by atoms with Crippen LogP contribution in [0.25, 0.3) is 5.69 Å². The van der Waals surface area contributed by atoms with E-state index in [2.05, 4.69) is 20.7 Å². The van der Waals surface area contributed by atoms with Crippen molar-refractivity contribution in [3.05, 3.63) is 30.9 Å². The Labute approximate surface area is 120 Å². The van der Waals surface area contributed by atoms with Gasteiger partial charge in [-0.1, -0.05) is 0 Å². The predicted molar refractivity (Wildman–Crippen MR) is 76.5 cm³/mol. The van der Waals surface area contributed by atoms with Crippen molar-refractivity contribution in [2.24, 2.45) is 10.8 Å². The molecule has 1 aromatic carbocycles. The zero-order valence-corrected chi connectivity index (χ0v) is 11.1. The van der Waals surface area contributed by atoms with E-state index >= 15 is 0 Å². The molecule has 1 heterocycles. The number of rotatable bonds is 5. The first-order valence-electron chi connectivity index (χ1n) is 5.77. The number of hydrogen-bond acceptors (Lipinski definition) is 7. The van der Waals surface area contributed by atoms with Gasteiger partial charge in [0.25, 0.3) is 0 Å². The topological polar surface area (TPSA) is 138 Å². The normalized spacial score (nSPS) is 10.8. The Balaban J connectivity index is 2.35. The van der Waals surface area contributed by atoms with Crippen molar-refractivity contribution < 1.29 is 4.74 Å². The number of nitriles is 1. The Morgan fingerprint density at radius 3 is 2.76 bits per heavy atom. The Morgan fingerprint density at radius 1 is 1.48 bits per heavy atom. The second-order valence-electron chi connectivity index (χ2n) is 3.85. The van der Waals surface area contributed by atoms with Gasteiger partial charge in [0.2, 0.25) is 5.71 Å². The average molecular weight is 284 g/mol. The molecule has 4 N–H and O–H groups in total. The van der Waals surface area contributed by atoms with Crippen molar-refractivity contribution in [3.63, 3.8) is 0 Å². The summed E-state index contributed by atoms with van der Waals surface area (Å²) >= 11 is 0. The number of methoxy groups -OCH3 is 1. The lowest BCUT2D eigenvalue weighted by Crippen LogP contribution is -2.21. The molecule has 0 saturated carbocycles. The monoisotopic (exact) mass is 284 g/mol. The maximum absolute atomic E-state index is 8.81. The molecule has 0 saturated heterocycles. The molecule has 0 unspecified atom stereocenters. The van der Waals surface area contributed by atoms with E-state index < -0.39 is 5.84 Å². The highest BCUT2D eigenvalue weighted by Gasteiger charge is 2.07. The smallest absolute Gasteiger partial charge is 0.201 e.